The van der Waals surface area contributed by atoms with Gasteiger partial charge in [0.15, 0.2) is 0 Å². The van der Waals surface area contributed by atoms with Crippen LogP contribution in [-0.2, 0) is 0 Å². The molecule has 0 radical (unpaired) electrons. The normalized spacial score (nSPS) is 19.4. The number of hydrogen-bond donors (Lipinski definition) is 1. The lowest BCUT2D eigenvalue weighted by Crippen LogP contribution is -2.44. The van der Waals surface area contributed by atoms with Crippen LogP contribution in [-0.4, -0.2) is 36.6 Å². The van der Waals surface area contributed by atoms with E-state index < -0.39 is 0 Å². The molecule has 0 spiro atoms. The molecule has 0 aromatic rings. The van der Waals surface area contributed by atoms with Crippen molar-refractivity contribution in [2.24, 2.45) is 0 Å². The molecule has 1 unspecified atom stereocenters. The van der Waals surface area contributed by atoms with E-state index >= 15 is 0 Å². The van der Waals surface area contributed by atoms with E-state index in [-0.39, 0.29) is 5.54 Å². The third kappa shape index (κ3) is 4.96. The molecule has 0 aliphatic heterocycles. The summed E-state index contributed by atoms with van der Waals surface area (Å²) in [6.07, 6.45) is 5.88. The van der Waals surface area contributed by atoms with Crippen molar-refractivity contribution in [1.82, 2.24) is 10.2 Å². The van der Waals surface area contributed by atoms with Crippen molar-refractivity contribution >= 4 is 0 Å². The summed E-state index contributed by atoms with van der Waals surface area (Å²) in [7, 11) is 2.14. The molecule has 1 rings (SSSR count). The Morgan fingerprint density at radius 1 is 1.44 bits per heavy atom. The lowest BCUT2D eigenvalue weighted by Gasteiger charge is -2.26. The summed E-state index contributed by atoms with van der Waals surface area (Å²) >= 11 is 0. The van der Waals surface area contributed by atoms with Crippen LogP contribution in [0.1, 0.15) is 46.0 Å². The summed E-state index contributed by atoms with van der Waals surface area (Å²) in [6, 6.07) is 3.03. The third-order valence-corrected chi connectivity index (χ3v) is 3.23. The van der Waals surface area contributed by atoms with Crippen molar-refractivity contribution < 1.29 is 0 Å². The van der Waals surface area contributed by atoms with Gasteiger partial charge < -0.3 is 4.90 Å². The molecule has 1 aliphatic rings. The van der Waals surface area contributed by atoms with E-state index in [9.17, 15) is 5.26 Å². The fourth-order valence-electron chi connectivity index (χ4n) is 1.79. The van der Waals surface area contributed by atoms with Crippen LogP contribution in [0.25, 0.3) is 0 Å². The van der Waals surface area contributed by atoms with Crippen molar-refractivity contribution in [2.45, 2.75) is 57.5 Å². The van der Waals surface area contributed by atoms with Gasteiger partial charge in [0.2, 0.25) is 0 Å². The van der Waals surface area contributed by atoms with Crippen LogP contribution in [0.3, 0.4) is 0 Å². The van der Waals surface area contributed by atoms with Crippen molar-refractivity contribution in [2.75, 3.05) is 20.1 Å². The van der Waals surface area contributed by atoms with Gasteiger partial charge in [-0.1, -0.05) is 13.3 Å². The first kappa shape index (κ1) is 13.5. The zero-order valence-corrected chi connectivity index (χ0v) is 10.9. The van der Waals surface area contributed by atoms with Gasteiger partial charge in [-0.25, -0.2) is 0 Å². The van der Waals surface area contributed by atoms with Gasteiger partial charge in [-0.3, -0.25) is 5.32 Å². The Morgan fingerprint density at radius 3 is 2.62 bits per heavy atom. The van der Waals surface area contributed by atoms with Crippen LogP contribution < -0.4 is 5.32 Å². The summed E-state index contributed by atoms with van der Waals surface area (Å²) < 4.78 is 0. The number of nitrogens with zero attached hydrogens (tertiary/aromatic N) is 2. The van der Waals surface area contributed by atoms with E-state index in [1.54, 1.807) is 0 Å². The van der Waals surface area contributed by atoms with E-state index in [1.807, 2.05) is 6.92 Å². The maximum atomic E-state index is 9.22. The molecule has 0 bridgehead atoms. The van der Waals surface area contributed by atoms with Crippen LogP contribution >= 0.6 is 0 Å². The molecule has 1 fully saturated rings. The minimum absolute atomic E-state index is 0.332. The number of nitriles is 1. The summed E-state index contributed by atoms with van der Waals surface area (Å²) in [5.41, 5.74) is -0.332. The van der Waals surface area contributed by atoms with Crippen molar-refractivity contribution in [3.63, 3.8) is 0 Å². The highest BCUT2D eigenvalue weighted by Crippen LogP contribution is 2.23. The molecule has 1 saturated carbocycles. The Kier molecular flexibility index (Phi) is 5.24. The average Bonchev–Trinajstić information content (AvgIpc) is 3.07. The fourth-order valence-corrected chi connectivity index (χ4v) is 1.79. The standard InChI is InChI=1S/C13H25N3/c1-4-5-9-16(3)10-8-13(2,11-14)15-12-6-7-12/h12,15H,4-10H2,1-3H3. The van der Waals surface area contributed by atoms with E-state index in [0.29, 0.717) is 6.04 Å². The Balaban J connectivity index is 2.24. The maximum Gasteiger partial charge on any atom is 0.105 e. The first-order valence-electron chi connectivity index (χ1n) is 6.47. The smallest absolute Gasteiger partial charge is 0.105 e. The van der Waals surface area contributed by atoms with Crippen LogP contribution in [0.2, 0.25) is 0 Å². The molecule has 0 saturated heterocycles. The molecule has 0 aromatic heterocycles. The maximum absolute atomic E-state index is 9.22. The van der Waals surface area contributed by atoms with Gasteiger partial charge in [0, 0.05) is 12.6 Å². The molecule has 1 atom stereocenters. The highest BCUT2D eigenvalue weighted by atomic mass is 15.1. The van der Waals surface area contributed by atoms with Gasteiger partial charge in [0.25, 0.3) is 0 Å². The zero-order valence-electron chi connectivity index (χ0n) is 10.9. The lowest BCUT2D eigenvalue weighted by molar-refractivity contribution is 0.283. The van der Waals surface area contributed by atoms with E-state index in [4.69, 9.17) is 0 Å². The third-order valence-electron chi connectivity index (χ3n) is 3.23. The van der Waals surface area contributed by atoms with E-state index in [1.165, 1.54) is 25.7 Å². The quantitative estimate of drug-likeness (QED) is 0.685. The van der Waals surface area contributed by atoms with Crippen LogP contribution in [0, 0.1) is 11.3 Å². The van der Waals surface area contributed by atoms with Gasteiger partial charge in [-0.15, -0.1) is 0 Å². The summed E-state index contributed by atoms with van der Waals surface area (Å²) in [5, 5.41) is 12.7. The largest absolute Gasteiger partial charge is 0.306 e. The molecule has 1 N–H and O–H groups in total. The van der Waals surface area contributed by atoms with E-state index in [0.717, 1.165) is 19.5 Å². The molecule has 0 amide bonds. The first-order valence-corrected chi connectivity index (χ1v) is 6.47. The van der Waals surface area contributed by atoms with Crippen LogP contribution in [0.15, 0.2) is 0 Å². The second-order valence-corrected chi connectivity index (χ2v) is 5.27. The monoisotopic (exact) mass is 223 g/mol. The highest BCUT2D eigenvalue weighted by molar-refractivity contribution is 5.07. The SMILES string of the molecule is CCCCN(C)CCC(C)(C#N)NC1CC1. The molecule has 92 valence electrons. The summed E-state index contributed by atoms with van der Waals surface area (Å²) in [4.78, 5) is 2.33. The number of rotatable bonds is 8. The molecular formula is C13H25N3. The van der Waals surface area contributed by atoms with Crippen molar-refractivity contribution in [3.8, 4) is 6.07 Å². The molecular weight excluding hydrogens is 198 g/mol. The van der Waals surface area contributed by atoms with Gasteiger partial charge in [-0.05, 0) is 46.2 Å². The Bertz CT molecular complexity index is 242. The second kappa shape index (κ2) is 6.22. The summed E-state index contributed by atoms with van der Waals surface area (Å²) in [5.74, 6) is 0. The second-order valence-electron chi connectivity index (χ2n) is 5.27. The van der Waals surface area contributed by atoms with Gasteiger partial charge >= 0.3 is 0 Å². The average molecular weight is 223 g/mol. The van der Waals surface area contributed by atoms with Crippen LogP contribution in [0.4, 0.5) is 0 Å². The molecule has 16 heavy (non-hydrogen) atoms. The number of hydrogen-bond acceptors (Lipinski definition) is 3. The molecule has 0 aromatic carbocycles. The zero-order chi connectivity index (χ0) is 12.0. The lowest BCUT2D eigenvalue weighted by atomic mass is 9.99. The number of nitrogens with one attached hydrogen (secondary N) is 1. The Morgan fingerprint density at radius 2 is 2.12 bits per heavy atom. The van der Waals surface area contributed by atoms with Gasteiger partial charge in [0.1, 0.15) is 5.54 Å². The first-order chi connectivity index (χ1) is 7.59. The number of unbranched alkanes of at least 4 members (excludes halogenated alkanes) is 1. The van der Waals surface area contributed by atoms with Crippen molar-refractivity contribution in [1.29, 1.82) is 5.26 Å². The van der Waals surface area contributed by atoms with Gasteiger partial charge in [-0.2, -0.15) is 5.26 Å². The Hall–Kier alpha value is -0.590. The van der Waals surface area contributed by atoms with Crippen LogP contribution in [0.5, 0.6) is 0 Å². The molecule has 3 heteroatoms. The van der Waals surface area contributed by atoms with E-state index in [2.05, 4.69) is 30.3 Å². The minimum Gasteiger partial charge on any atom is -0.306 e. The minimum atomic E-state index is -0.332. The molecule has 1 aliphatic carbocycles. The predicted octanol–water partition coefficient (Wildman–Crippen LogP) is 2.14. The molecule has 0 heterocycles. The fraction of sp³-hybridized carbons (Fsp3) is 0.923. The Labute approximate surface area is 99.8 Å². The van der Waals surface area contributed by atoms with Gasteiger partial charge in [0.05, 0.1) is 6.07 Å². The topological polar surface area (TPSA) is 39.1 Å². The van der Waals surface area contributed by atoms with Crippen molar-refractivity contribution in [3.05, 3.63) is 0 Å². The highest BCUT2D eigenvalue weighted by Gasteiger charge is 2.32. The summed E-state index contributed by atoms with van der Waals surface area (Å²) in [6.45, 7) is 6.38. The molecule has 3 nitrogen and oxygen atoms in total. The predicted molar refractivity (Wildman–Crippen MR) is 67.2 cm³/mol.